The van der Waals surface area contributed by atoms with Gasteiger partial charge in [-0.05, 0) is 44.1 Å². The van der Waals surface area contributed by atoms with E-state index >= 15 is 0 Å². The number of para-hydroxylation sites is 1. The number of H-pyrrole nitrogens is 1. The van der Waals surface area contributed by atoms with Gasteiger partial charge in [0.25, 0.3) is 5.91 Å². The molecule has 1 aliphatic heterocycles. The number of aromatic amines is 1. The first-order chi connectivity index (χ1) is 11.8. The summed E-state index contributed by atoms with van der Waals surface area (Å²) in [6, 6.07) is 11.6. The van der Waals surface area contributed by atoms with E-state index in [4.69, 9.17) is 4.42 Å². The molecule has 0 aliphatic carbocycles. The second-order valence-corrected chi connectivity index (χ2v) is 6.10. The minimum atomic E-state index is -0.164. The van der Waals surface area contributed by atoms with E-state index in [1.807, 2.05) is 36.4 Å². The van der Waals surface area contributed by atoms with Crippen LogP contribution in [0.25, 0.3) is 10.9 Å². The fourth-order valence-electron chi connectivity index (χ4n) is 3.35. The highest BCUT2D eigenvalue weighted by molar-refractivity contribution is 6.04. The van der Waals surface area contributed by atoms with Gasteiger partial charge in [0.05, 0.1) is 17.8 Å². The summed E-state index contributed by atoms with van der Waals surface area (Å²) < 4.78 is 5.59. The second-order valence-electron chi connectivity index (χ2n) is 6.10. The first-order valence-corrected chi connectivity index (χ1v) is 8.31. The van der Waals surface area contributed by atoms with Crippen LogP contribution in [0.4, 0.5) is 0 Å². The summed E-state index contributed by atoms with van der Waals surface area (Å²) in [6.45, 7) is 2.58. The van der Waals surface area contributed by atoms with Crippen LogP contribution in [0.2, 0.25) is 0 Å². The monoisotopic (exact) mass is 324 g/mol. The Morgan fingerprint density at radius 2 is 2.08 bits per heavy atom. The Labute approximate surface area is 139 Å². The summed E-state index contributed by atoms with van der Waals surface area (Å²) in [5, 5.41) is 10.9. The molecule has 2 N–H and O–H groups in total. The summed E-state index contributed by atoms with van der Waals surface area (Å²) in [6.07, 6.45) is 4.06. The molecule has 0 unspecified atom stereocenters. The normalized spacial score (nSPS) is 16.5. The zero-order valence-corrected chi connectivity index (χ0v) is 13.4. The van der Waals surface area contributed by atoms with E-state index in [9.17, 15) is 4.79 Å². The lowest BCUT2D eigenvalue weighted by Crippen LogP contribution is -2.36. The topological polar surface area (TPSA) is 74.2 Å². The third-order valence-corrected chi connectivity index (χ3v) is 4.59. The number of nitrogens with zero attached hydrogens (tertiary/aromatic N) is 2. The number of amides is 1. The maximum atomic E-state index is 12.6. The van der Waals surface area contributed by atoms with Gasteiger partial charge in [-0.3, -0.25) is 14.8 Å². The molecule has 0 spiro atoms. The van der Waals surface area contributed by atoms with Crippen molar-refractivity contribution in [3.05, 3.63) is 54.1 Å². The molecule has 6 heteroatoms. The molecule has 0 radical (unpaired) electrons. The van der Waals surface area contributed by atoms with Gasteiger partial charge in [0.15, 0.2) is 5.69 Å². The van der Waals surface area contributed by atoms with Crippen molar-refractivity contribution in [1.82, 2.24) is 20.4 Å². The van der Waals surface area contributed by atoms with Gasteiger partial charge in [0, 0.05) is 11.9 Å². The minimum Gasteiger partial charge on any atom is -0.468 e. The predicted octanol–water partition coefficient (Wildman–Crippen LogP) is 2.72. The van der Waals surface area contributed by atoms with Crippen molar-refractivity contribution in [2.24, 2.45) is 0 Å². The van der Waals surface area contributed by atoms with Gasteiger partial charge in [-0.15, -0.1) is 0 Å². The highest BCUT2D eigenvalue weighted by Crippen LogP contribution is 2.25. The summed E-state index contributed by atoms with van der Waals surface area (Å²) in [4.78, 5) is 14.9. The van der Waals surface area contributed by atoms with Gasteiger partial charge in [0.2, 0.25) is 0 Å². The second kappa shape index (κ2) is 6.49. The molecule has 1 atom stereocenters. The first-order valence-electron chi connectivity index (χ1n) is 8.31. The average molecular weight is 324 g/mol. The smallest absolute Gasteiger partial charge is 0.272 e. The number of benzene rings is 1. The number of hydrogen-bond acceptors (Lipinski definition) is 4. The predicted molar refractivity (Wildman–Crippen MR) is 90.7 cm³/mol. The fourth-order valence-corrected chi connectivity index (χ4v) is 3.35. The number of likely N-dealkylation sites (tertiary alicyclic amines) is 1. The lowest BCUT2D eigenvalue weighted by molar-refractivity contribution is 0.0930. The van der Waals surface area contributed by atoms with E-state index in [0.717, 1.165) is 29.8 Å². The maximum absolute atomic E-state index is 12.6. The number of nitrogens with one attached hydrogen (secondary N) is 2. The molecule has 1 amide bonds. The molecule has 124 valence electrons. The number of furan rings is 1. The van der Waals surface area contributed by atoms with Crippen LogP contribution in [-0.4, -0.2) is 40.6 Å². The van der Waals surface area contributed by atoms with Crippen molar-refractivity contribution < 1.29 is 9.21 Å². The lowest BCUT2D eigenvalue weighted by atomic mass is 10.1. The number of carbonyl (C=O) groups excluding carboxylic acids is 1. The van der Waals surface area contributed by atoms with Crippen molar-refractivity contribution in [3.8, 4) is 0 Å². The summed E-state index contributed by atoms with van der Waals surface area (Å²) in [5.41, 5.74) is 1.30. The molecule has 4 rings (SSSR count). The van der Waals surface area contributed by atoms with Gasteiger partial charge in [-0.2, -0.15) is 5.10 Å². The quantitative estimate of drug-likeness (QED) is 0.757. The number of rotatable bonds is 5. The van der Waals surface area contributed by atoms with Crippen molar-refractivity contribution in [2.45, 2.75) is 18.9 Å². The van der Waals surface area contributed by atoms with E-state index in [1.54, 1.807) is 6.26 Å². The number of fused-ring (bicyclic) bond motifs is 1. The Hall–Kier alpha value is -2.60. The summed E-state index contributed by atoms with van der Waals surface area (Å²) >= 11 is 0. The SMILES string of the molecule is O=C(NC[C@@H](c1ccco1)N1CCCC1)c1n[nH]c2ccccc12. The first kappa shape index (κ1) is 15.0. The molecule has 6 nitrogen and oxygen atoms in total. The van der Waals surface area contributed by atoms with Crippen molar-refractivity contribution in [2.75, 3.05) is 19.6 Å². The summed E-state index contributed by atoms with van der Waals surface area (Å²) in [7, 11) is 0. The van der Waals surface area contributed by atoms with Crippen LogP contribution in [0.5, 0.6) is 0 Å². The fraction of sp³-hybridized carbons (Fsp3) is 0.333. The van der Waals surface area contributed by atoms with Gasteiger partial charge >= 0.3 is 0 Å². The van der Waals surface area contributed by atoms with Crippen LogP contribution in [0, 0.1) is 0 Å². The largest absolute Gasteiger partial charge is 0.468 e. The average Bonchev–Trinajstić information content (AvgIpc) is 3.36. The van der Waals surface area contributed by atoms with Crippen LogP contribution in [0.3, 0.4) is 0 Å². The van der Waals surface area contributed by atoms with Gasteiger partial charge in [-0.25, -0.2) is 0 Å². The molecule has 0 saturated carbocycles. The molecular formula is C18H20N4O2. The van der Waals surface area contributed by atoms with E-state index in [-0.39, 0.29) is 11.9 Å². The Morgan fingerprint density at radius 3 is 2.88 bits per heavy atom. The maximum Gasteiger partial charge on any atom is 0.272 e. The van der Waals surface area contributed by atoms with Crippen molar-refractivity contribution in [1.29, 1.82) is 0 Å². The van der Waals surface area contributed by atoms with Crippen molar-refractivity contribution >= 4 is 16.8 Å². The van der Waals surface area contributed by atoms with E-state index < -0.39 is 0 Å². The van der Waals surface area contributed by atoms with E-state index in [1.165, 1.54) is 12.8 Å². The lowest BCUT2D eigenvalue weighted by Gasteiger charge is -2.25. The molecule has 2 aromatic heterocycles. The zero-order chi connectivity index (χ0) is 16.4. The molecule has 0 bridgehead atoms. The molecule has 1 saturated heterocycles. The third kappa shape index (κ3) is 2.80. The third-order valence-electron chi connectivity index (χ3n) is 4.59. The molecule has 1 aliphatic rings. The van der Waals surface area contributed by atoms with Gasteiger partial charge in [0.1, 0.15) is 5.76 Å². The molecule has 1 fully saturated rings. The van der Waals surface area contributed by atoms with E-state index in [2.05, 4.69) is 20.4 Å². The Balaban J connectivity index is 1.50. The molecule has 3 aromatic rings. The Kier molecular flexibility index (Phi) is 4.04. The van der Waals surface area contributed by atoms with Gasteiger partial charge < -0.3 is 9.73 Å². The molecule has 24 heavy (non-hydrogen) atoms. The van der Waals surface area contributed by atoms with Crippen LogP contribution in [-0.2, 0) is 0 Å². The number of hydrogen-bond donors (Lipinski definition) is 2. The van der Waals surface area contributed by atoms with Crippen LogP contribution in [0.15, 0.2) is 47.1 Å². The Bertz CT molecular complexity index is 819. The van der Waals surface area contributed by atoms with Crippen LogP contribution >= 0.6 is 0 Å². The zero-order valence-electron chi connectivity index (χ0n) is 13.4. The molecular weight excluding hydrogens is 304 g/mol. The molecule has 3 heterocycles. The van der Waals surface area contributed by atoms with Gasteiger partial charge in [-0.1, -0.05) is 18.2 Å². The highest BCUT2D eigenvalue weighted by Gasteiger charge is 2.26. The molecule has 1 aromatic carbocycles. The van der Waals surface area contributed by atoms with Crippen LogP contribution < -0.4 is 5.32 Å². The Morgan fingerprint density at radius 1 is 1.25 bits per heavy atom. The minimum absolute atomic E-state index is 0.0663. The van der Waals surface area contributed by atoms with Crippen molar-refractivity contribution in [3.63, 3.8) is 0 Å². The summed E-state index contributed by atoms with van der Waals surface area (Å²) in [5.74, 6) is 0.729. The van der Waals surface area contributed by atoms with E-state index in [0.29, 0.717) is 12.2 Å². The van der Waals surface area contributed by atoms with Crippen LogP contribution in [0.1, 0.15) is 35.1 Å². The number of carbonyl (C=O) groups is 1. The highest BCUT2D eigenvalue weighted by atomic mass is 16.3. The number of aromatic nitrogens is 2. The standard InChI is InChI=1S/C18H20N4O2/c23-18(17-13-6-1-2-7-14(13)20-21-17)19-12-15(16-8-5-11-24-16)22-9-3-4-10-22/h1-2,5-8,11,15H,3-4,9-10,12H2,(H,19,23)(H,20,21)/t15-/m0/s1.